The minimum atomic E-state index is -0.261. The summed E-state index contributed by atoms with van der Waals surface area (Å²) in [7, 11) is 1.56. The molecule has 0 saturated carbocycles. The molecule has 0 unspecified atom stereocenters. The van der Waals surface area contributed by atoms with Crippen molar-refractivity contribution in [2.45, 2.75) is 6.92 Å². The number of ether oxygens (including phenoxy) is 1. The Balaban J connectivity index is 2.63. The molecule has 0 bridgehead atoms. The summed E-state index contributed by atoms with van der Waals surface area (Å²) in [4.78, 5) is 4.12. The first-order valence-corrected chi connectivity index (χ1v) is 4.98. The fraction of sp³-hybridized carbons (Fsp3) is 0.154. The summed E-state index contributed by atoms with van der Waals surface area (Å²) in [6, 6.07) is 8.29. The number of hydrogen-bond acceptors (Lipinski definition) is 2. The monoisotopic (exact) mass is 217 g/mol. The molecule has 0 aliphatic carbocycles. The van der Waals surface area contributed by atoms with Crippen molar-refractivity contribution in [3.8, 4) is 17.0 Å². The van der Waals surface area contributed by atoms with Crippen molar-refractivity contribution in [3.63, 3.8) is 0 Å². The fourth-order valence-electron chi connectivity index (χ4n) is 1.68. The summed E-state index contributed by atoms with van der Waals surface area (Å²) in [6.07, 6.45) is 1.68. The smallest absolute Gasteiger partial charge is 0.221 e. The van der Waals surface area contributed by atoms with Crippen molar-refractivity contribution >= 4 is 0 Å². The molecule has 0 atom stereocenters. The van der Waals surface area contributed by atoms with Gasteiger partial charge in [0.25, 0.3) is 0 Å². The molecule has 1 aromatic carbocycles. The van der Waals surface area contributed by atoms with Crippen LogP contribution in [0.3, 0.4) is 0 Å². The van der Waals surface area contributed by atoms with Crippen LogP contribution in [0.25, 0.3) is 11.1 Å². The normalized spacial score (nSPS) is 10.2. The van der Waals surface area contributed by atoms with Crippen molar-refractivity contribution in [2.24, 2.45) is 0 Å². The van der Waals surface area contributed by atoms with Crippen LogP contribution in [0.15, 0.2) is 36.5 Å². The fourth-order valence-corrected chi connectivity index (χ4v) is 1.68. The van der Waals surface area contributed by atoms with E-state index in [1.807, 2.05) is 19.1 Å². The molecule has 0 saturated heterocycles. The van der Waals surface area contributed by atoms with Gasteiger partial charge in [0.1, 0.15) is 5.82 Å². The first-order valence-electron chi connectivity index (χ1n) is 4.98. The van der Waals surface area contributed by atoms with Crippen LogP contribution >= 0.6 is 0 Å². The third kappa shape index (κ3) is 1.89. The Labute approximate surface area is 93.7 Å². The number of aromatic nitrogens is 1. The SMILES string of the molecule is COc1nccc(C)c1-c1cccc(F)c1. The molecular weight excluding hydrogens is 205 g/mol. The van der Waals surface area contributed by atoms with Crippen LogP contribution in [0.4, 0.5) is 4.39 Å². The Morgan fingerprint density at radius 1 is 1.25 bits per heavy atom. The van der Waals surface area contributed by atoms with E-state index in [9.17, 15) is 4.39 Å². The van der Waals surface area contributed by atoms with Gasteiger partial charge in [-0.2, -0.15) is 0 Å². The maximum absolute atomic E-state index is 13.2. The molecule has 16 heavy (non-hydrogen) atoms. The topological polar surface area (TPSA) is 22.1 Å². The molecule has 0 amide bonds. The van der Waals surface area contributed by atoms with Gasteiger partial charge >= 0.3 is 0 Å². The molecule has 1 heterocycles. The van der Waals surface area contributed by atoms with Gasteiger partial charge in [-0.05, 0) is 36.2 Å². The van der Waals surface area contributed by atoms with E-state index >= 15 is 0 Å². The van der Waals surface area contributed by atoms with E-state index in [1.54, 1.807) is 19.4 Å². The molecule has 3 heteroatoms. The zero-order valence-corrected chi connectivity index (χ0v) is 9.20. The molecule has 1 aromatic heterocycles. The van der Waals surface area contributed by atoms with Gasteiger partial charge in [-0.1, -0.05) is 12.1 Å². The van der Waals surface area contributed by atoms with Crippen LogP contribution in [0.1, 0.15) is 5.56 Å². The Hall–Kier alpha value is -1.90. The lowest BCUT2D eigenvalue weighted by Gasteiger charge is -2.10. The second-order valence-electron chi connectivity index (χ2n) is 3.52. The van der Waals surface area contributed by atoms with E-state index < -0.39 is 0 Å². The lowest BCUT2D eigenvalue weighted by molar-refractivity contribution is 0.399. The Morgan fingerprint density at radius 3 is 2.75 bits per heavy atom. The molecule has 0 aliphatic rings. The number of nitrogens with zero attached hydrogens (tertiary/aromatic N) is 1. The molecule has 82 valence electrons. The van der Waals surface area contributed by atoms with Gasteiger partial charge in [0.15, 0.2) is 0 Å². The van der Waals surface area contributed by atoms with Gasteiger partial charge in [-0.25, -0.2) is 9.37 Å². The van der Waals surface area contributed by atoms with Crippen LogP contribution < -0.4 is 4.74 Å². The van der Waals surface area contributed by atoms with Gasteiger partial charge in [0.2, 0.25) is 5.88 Å². The van der Waals surface area contributed by atoms with Gasteiger partial charge in [0.05, 0.1) is 7.11 Å². The third-order valence-electron chi connectivity index (χ3n) is 2.43. The molecular formula is C13H12FNO. The Morgan fingerprint density at radius 2 is 2.06 bits per heavy atom. The highest BCUT2D eigenvalue weighted by molar-refractivity contribution is 5.71. The van der Waals surface area contributed by atoms with E-state index in [-0.39, 0.29) is 5.82 Å². The predicted molar refractivity (Wildman–Crippen MR) is 60.9 cm³/mol. The van der Waals surface area contributed by atoms with Gasteiger partial charge in [-0.3, -0.25) is 0 Å². The number of methoxy groups -OCH3 is 1. The molecule has 0 fully saturated rings. The standard InChI is InChI=1S/C13H12FNO/c1-9-6-7-15-13(16-2)12(9)10-4-3-5-11(14)8-10/h3-8H,1-2H3. The highest BCUT2D eigenvalue weighted by atomic mass is 19.1. The first-order chi connectivity index (χ1) is 7.72. The summed E-state index contributed by atoms with van der Waals surface area (Å²) in [6.45, 7) is 1.95. The highest BCUT2D eigenvalue weighted by Gasteiger charge is 2.10. The number of aryl methyl sites for hydroxylation is 1. The average molecular weight is 217 g/mol. The number of pyridine rings is 1. The van der Waals surface area contributed by atoms with Crippen LogP contribution in [-0.2, 0) is 0 Å². The second-order valence-corrected chi connectivity index (χ2v) is 3.52. The molecule has 0 N–H and O–H groups in total. The van der Waals surface area contributed by atoms with E-state index in [1.165, 1.54) is 12.1 Å². The average Bonchev–Trinajstić information content (AvgIpc) is 2.28. The number of hydrogen-bond donors (Lipinski definition) is 0. The van der Waals surface area contributed by atoms with Crippen molar-refractivity contribution in [3.05, 3.63) is 47.9 Å². The summed E-state index contributed by atoms with van der Waals surface area (Å²) < 4.78 is 18.3. The number of benzene rings is 1. The molecule has 0 aliphatic heterocycles. The lowest BCUT2D eigenvalue weighted by atomic mass is 10.0. The van der Waals surface area contributed by atoms with E-state index in [2.05, 4.69) is 4.98 Å². The minimum Gasteiger partial charge on any atom is -0.481 e. The lowest BCUT2D eigenvalue weighted by Crippen LogP contribution is -1.94. The largest absolute Gasteiger partial charge is 0.481 e. The Kier molecular flexibility index (Phi) is 2.86. The summed E-state index contributed by atoms with van der Waals surface area (Å²) in [5.74, 6) is 0.258. The van der Waals surface area contributed by atoms with Crippen LogP contribution in [0.2, 0.25) is 0 Å². The molecule has 0 spiro atoms. The van der Waals surface area contributed by atoms with Gasteiger partial charge < -0.3 is 4.74 Å². The first kappa shape index (κ1) is 10.6. The third-order valence-corrected chi connectivity index (χ3v) is 2.43. The van der Waals surface area contributed by atoms with Gasteiger partial charge in [-0.15, -0.1) is 0 Å². The second kappa shape index (κ2) is 4.31. The van der Waals surface area contributed by atoms with Crippen molar-refractivity contribution < 1.29 is 9.13 Å². The molecule has 2 aromatic rings. The minimum absolute atomic E-state index is 0.261. The molecule has 2 rings (SSSR count). The predicted octanol–water partition coefficient (Wildman–Crippen LogP) is 3.20. The molecule has 0 radical (unpaired) electrons. The van der Waals surface area contributed by atoms with Crippen molar-refractivity contribution in [2.75, 3.05) is 7.11 Å². The number of rotatable bonds is 2. The van der Waals surface area contributed by atoms with Crippen molar-refractivity contribution in [1.29, 1.82) is 0 Å². The number of halogens is 1. The Bertz CT molecular complexity index is 511. The van der Waals surface area contributed by atoms with Crippen LogP contribution in [0.5, 0.6) is 5.88 Å². The van der Waals surface area contributed by atoms with Gasteiger partial charge in [0, 0.05) is 11.8 Å². The van der Waals surface area contributed by atoms with E-state index in [0.717, 1.165) is 16.7 Å². The maximum Gasteiger partial charge on any atom is 0.221 e. The quantitative estimate of drug-likeness (QED) is 0.770. The van der Waals surface area contributed by atoms with Crippen LogP contribution in [-0.4, -0.2) is 12.1 Å². The zero-order chi connectivity index (χ0) is 11.5. The summed E-state index contributed by atoms with van der Waals surface area (Å²) in [5, 5.41) is 0. The maximum atomic E-state index is 13.2. The summed E-state index contributed by atoms with van der Waals surface area (Å²) >= 11 is 0. The highest BCUT2D eigenvalue weighted by Crippen LogP contribution is 2.31. The van der Waals surface area contributed by atoms with Crippen molar-refractivity contribution in [1.82, 2.24) is 4.98 Å². The zero-order valence-electron chi connectivity index (χ0n) is 9.20. The summed E-state index contributed by atoms with van der Waals surface area (Å²) in [5.41, 5.74) is 2.63. The molecule has 2 nitrogen and oxygen atoms in total. The van der Waals surface area contributed by atoms with E-state index in [4.69, 9.17) is 4.74 Å². The van der Waals surface area contributed by atoms with E-state index in [0.29, 0.717) is 5.88 Å². The van der Waals surface area contributed by atoms with Crippen LogP contribution in [0, 0.1) is 12.7 Å².